The molecule has 3 aromatic heterocycles. The topological polar surface area (TPSA) is 105 Å². The number of nitrogens with zero attached hydrogens (tertiary/aromatic N) is 6. The molecule has 0 saturated carbocycles. The van der Waals surface area contributed by atoms with Crippen LogP contribution in [-0.2, 0) is 5.67 Å². The van der Waals surface area contributed by atoms with Crippen LogP contribution in [0.15, 0.2) is 30.6 Å². The Morgan fingerprint density at radius 2 is 2.12 bits per heavy atom. The van der Waals surface area contributed by atoms with Gasteiger partial charge in [0.15, 0.2) is 17.5 Å². The number of H-pyrrole nitrogens is 1. The highest BCUT2D eigenvalue weighted by Crippen LogP contribution is 2.35. The van der Waals surface area contributed by atoms with Crippen LogP contribution in [0.5, 0.6) is 0 Å². The quantitative estimate of drug-likeness (QED) is 0.714. The summed E-state index contributed by atoms with van der Waals surface area (Å²) < 4.78 is 15.3. The number of aromatic nitrogens is 4. The summed E-state index contributed by atoms with van der Waals surface area (Å²) in [5.74, 6) is 0.199. The van der Waals surface area contributed by atoms with Crippen molar-refractivity contribution < 1.29 is 4.39 Å². The average molecular weight is 347 g/mol. The van der Waals surface area contributed by atoms with Crippen LogP contribution in [0.2, 0.25) is 0 Å². The monoisotopic (exact) mass is 347 g/mol. The standard InChI is InChI=1S/C18H14FN7/c19-18(3-1-5-26(10-18)11-21)17-24-15-7-13(9-23-16(15)25-17)12-2-4-22-14(6-12)8-20/h2,4,6-7,9H,1,3,5,10H2,(H,23,24,25). The number of alkyl halides is 1. The van der Waals surface area contributed by atoms with Crippen molar-refractivity contribution >= 4 is 11.2 Å². The van der Waals surface area contributed by atoms with Crippen LogP contribution in [0.4, 0.5) is 4.39 Å². The van der Waals surface area contributed by atoms with Gasteiger partial charge in [0.2, 0.25) is 0 Å². The maximum Gasteiger partial charge on any atom is 0.186 e. The van der Waals surface area contributed by atoms with Gasteiger partial charge in [-0.2, -0.15) is 10.5 Å². The molecule has 0 radical (unpaired) electrons. The van der Waals surface area contributed by atoms with Crippen molar-refractivity contribution in [1.82, 2.24) is 24.8 Å². The molecule has 4 rings (SSSR count). The van der Waals surface area contributed by atoms with Crippen molar-refractivity contribution in [2.24, 2.45) is 0 Å². The van der Waals surface area contributed by atoms with Crippen LogP contribution >= 0.6 is 0 Å². The summed E-state index contributed by atoms with van der Waals surface area (Å²) in [7, 11) is 0. The summed E-state index contributed by atoms with van der Waals surface area (Å²) in [6.45, 7) is 0.556. The summed E-state index contributed by atoms with van der Waals surface area (Å²) in [6, 6.07) is 7.24. The first-order valence-corrected chi connectivity index (χ1v) is 8.18. The van der Waals surface area contributed by atoms with E-state index in [-0.39, 0.29) is 12.4 Å². The first kappa shape index (κ1) is 16.0. The Bertz CT molecular complexity index is 1060. The zero-order valence-corrected chi connectivity index (χ0v) is 13.8. The fourth-order valence-electron chi connectivity index (χ4n) is 3.23. The molecule has 0 aliphatic carbocycles. The van der Waals surface area contributed by atoms with E-state index < -0.39 is 5.67 Å². The molecule has 1 aliphatic heterocycles. The first-order valence-electron chi connectivity index (χ1n) is 8.18. The maximum atomic E-state index is 15.3. The molecule has 7 nitrogen and oxygen atoms in total. The van der Waals surface area contributed by atoms with Crippen LogP contribution in [0, 0.1) is 22.8 Å². The minimum absolute atomic E-state index is 0.00787. The number of halogens is 1. The summed E-state index contributed by atoms with van der Waals surface area (Å²) in [5.41, 5.74) is 1.21. The number of pyridine rings is 2. The smallest absolute Gasteiger partial charge is 0.186 e. The van der Waals surface area contributed by atoms with Crippen LogP contribution in [0.25, 0.3) is 22.3 Å². The molecule has 1 fully saturated rings. The van der Waals surface area contributed by atoms with Gasteiger partial charge in [-0.1, -0.05) is 0 Å². The van der Waals surface area contributed by atoms with Gasteiger partial charge in [0, 0.05) is 24.5 Å². The molecule has 8 heteroatoms. The van der Waals surface area contributed by atoms with Gasteiger partial charge >= 0.3 is 0 Å². The summed E-state index contributed by atoms with van der Waals surface area (Å²) >= 11 is 0. The molecule has 1 unspecified atom stereocenters. The normalized spacial score (nSPS) is 19.9. The van der Waals surface area contributed by atoms with Crippen molar-refractivity contribution in [3.05, 3.63) is 42.1 Å². The lowest BCUT2D eigenvalue weighted by Gasteiger charge is -2.32. The van der Waals surface area contributed by atoms with Crippen molar-refractivity contribution in [1.29, 1.82) is 10.5 Å². The van der Waals surface area contributed by atoms with Gasteiger partial charge in [-0.15, -0.1) is 0 Å². The van der Waals surface area contributed by atoms with Gasteiger partial charge in [0.1, 0.15) is 23.1 Å². The Morgan fingerprint density at radius 3 is 2.92 bits per heavy atom. The maximum absolute atomic E-state index is 15.3. The van der Waals surface area contributed by atoms with E-state index in [2.05, 4.69) is 19.9 Å². The summed E-state index contributed by atoms with van der Waals surface area (Å²) in [5, 5.41) is 18.0. The molecule has 1 saturated heterocycles. The van der Waals surface area contributed by atoms with Gasteiger partial charge < -0.3 is 9.88 Å². The van der Waals surface area contributed by atoms with E-state index in [1.807, 2.05) is 12.3 Å². The predicted octanol–water partition coefficient (Wildman–Crippen LogP) is 2.63. The van der Waals surface area contributed by atoms with Crippen LogP contribution in [0.3, 0.4) is 0 Å². The molecule has 1 N–H and O–H groups in total. The number of hydrogen-bond acceptors (Lipinski definition) is 6. The van der Waals surface area contributed by atoms with E-state index in [1.54, 1.807) is 30.6 Å². The van der Waals surface area contributed by atoms with Gasteiger partial charge in [-0.25, -0.2) is 19.3 Å². The molecule has 128 valence electrons. The Morgan fingerprint density at radius 1 is 1.23 bits per heavy atom. The van der Waals surface area contributed by atoms with Crippen LogP contribution in [-0.4, -0.2) is 37.9 Å². The third kappa shape index (κ3) is 2.72. The number of nitriles is 2. The predicted molar refractivity (Wildman–Crippen MR) is 91.0 cm³/mol. The largest absolute Gasteiger partial charge is 0.324 e. The highest BCUT2D eigenvalue weighted by molar-refractivity contribution is 5.78. The van der Waals surface area contributed by atoms with E-state index in [0.717, 1.165) is 11.1 Å². The molecular weight excluding hydrogens is 333 g/mol. The first-order chi connectivity index (χ1) is 12.6. The third-order valence-electron chi connectivity index (χ3n) is 4.55. The number of hydrogen-bond donors (Lipinski definition) is 1. The van der Waals surface area contributed by atoms with Crippen molar-refractivity contribution in [3.63, 3.8) is 0 Å². The summed E-state index contributed by atoms with van der Waals surface area (Å²) in [6.07, 6.45) is 6.12. The summed E-state index contributed by atoms with van der Waals surface area (Å²) in [4.78, 5) is 17.0. The van der Waals surface area contributed by atoms with Crippen LogP contribution < -0.4 is 0 Å². The number of imidazole rings is 1. The molecule has 1 atom stereocenters. The Labute approximate surface area is 148 Å². The fraction of sp³-hybridized carbons (Fsp3) is 0.278. The zero-order chi connectivity index (χ0) is 18.1. The molecule has 0 spiro atoms. The highest BCUT2D eigenvalue weighted by atomic mass is 19.1. The van der Waals surface area contributed by atoms with Gasteiger partial charge in [0.05, 0.1) is 6.54 Å². The molecule has 3 aromatic rings. The van der Waals surface area contributed by atoms with Crippen molar-refractivity contribution in [3.8, 4) is 23.4 Å². The molecule has 1 aliphatic rings. The molecule has 26 heavy (non-hydrogen) atoms. The molecule has 0 aromatic carbocycles. The minimum atomic E-state index is -1.69. The van der Waals surface area contributed by atoms with E-state index >= 15 is 4.39 Å². The van der Waals surface area contributed by atoms with Gasteiger partial charge in [-0.3, -0.25) is 0 Å². The second kappa shape index (κ2) is 6.08. The van der Waals surface area contributed by atoms with E-state index in [4.69, 9.17) is 10.5 Å². The number of rotatable bonds is 2. The van der Waals surface area contributed by atoms with E-state index in [9.17, 15) is 0 Å². The number of nitrogens with one attached hydrogen (secondary N) is 1. The zero-order valence-electron chi connectivity index (χ0n) is 13.8. The van der Waals surface area contributed by atoms with Crippen molar-refractivity contribution in [2.75, 3.05) is 13.1 Å². The minimum Gasteiger partial charge on any atom is -0.324 e. The second-order valence-corrected chi connectivity index (χ2v) is 6.31. The lowest BCUT2D eigenvalue weighted by Crippen LogP contribution is -2.41. The van der Waals surface area contributed by atoms with Gasteiger partial charge in [0.25, 0.3) is 0 Å². The highest BCUT2D eigenvalue weighted by Gasteiger charge is 2.40. The molecule has 4 heterocycles. The molecule has 0 amide bonds. The van der Waals surface area contributed by atoms with E-state index in [1.165, 1.54) is 4.90 Å². The van der Waals surface area contributed by atoms with Gasteiger partial charge in [-0.05, 0) is 36.6 Å². The lowest BCUT2D eigenvalue weighted by molar-refractivity contribution is 0.0627. The Hall–Kier alpha value is -3.52. The Kier molecular flexibility index (Phi) is 3.74. The lowest BCUT2D eigenvalue weighted by atomic mass is 9.94. The van der Waals surface area contributed by atoms with Crippen LogP contribution in [0.1, 0.15) is 24.4 Å². The number of piperidine rings is 1. The van der Waals surface area contributed by atoms with E-state index in [0.29, 0.717) is 36.2 Å². The second-order valence-electron chi connectivity index (χ2n) is 6.31. The fourth-order valence-corrected chi connectivity index (χ4v) is 3.23. The SMILES string of the molecule is N#Cc1cc(-c2cnc3[nH]c(C4(F)CCCN(C#N)C4)nc3c2)ccn1. The number of likely N-dealkylation sites (tertiary alicyclic amines) is 1. The Balaban J connectivity index is 1.72. The molecular formula is C18H14FN7. The average Bonchev–Trinajstić information content (AvgIpc) is 3.12. The third-order valence-corrected chi connectivity index (χ3v) is 4.55. The van der Waals surface area contributed by atoms with Crippen molar-refractivity contribution in [2.45, 2.75) is 18.5 Å². The number of fused-ring (bicyclic) bond motifs is 1. The molecule has 0 bridgehead atoms. The number of aromatic amines is 1.